The van der Waals surface area contributed by atoms with Crippen LogP contribution in [0.1, 0.15) is 47.1 Å². The Morgan fingerprint density at radius 2 is 1.58 bits per heavy atom. The van der Waals surface area contributed by atoms with Gasteiger partial charge in [-0.3, -0.25) is 0 Å². The van der Waals surface area contributed by atoms with E-state index in [9.17, 15) is 0 Å². The molecule has 1 N–H and O–H groups in total. The van der Waals surface area contributed by atoms with Crippen LogP contribution in [0.3, 0.4) is 0 Å². The molecule has 1 aliphatic carbocycles. The zero-order valence-electron chi connectivity index (χ0n) is 13.1. The van der Waals surface area contributed by atoms with E-state index in [4.69, 9.17) is 4.74 Å². The lowest BCUT2D eigenvalue weighted by atomic mass is 10.0. The van der Waals surface area contributed by atoms with Crippen LogP contribution in [0.2, 0.25) is 0 Å². The highest BCUT2D eigenvalue weighted by molar-refractivity contribution is 5.28. The molecular weight excluding hydrogens is 234 g/mol. The SMILES string of the molecule is CC(C)Oc1ccc(CNC2C(C)(C)C2(C)C)cc1. The Bertz CT molecular complexity index is 417. The predicted molar refractivity (Wildman–Crippen MR) is 80.4 cm³/mol. The fourth-order valence-corrected chi connectivity index (χ4v) is 2.88. The molecule has 2 heteroatoms. The molecule has 0 unspecified atom stereocenters. The first-order valence-corrected chi connectivity index (χ1v) is 7.24. The van der Waals surface area contributed by atoms with E-state index in [0.29, 0.717) is 16.9 Å². The van der Waals surface area contributed by atoms with Crippen molar-refractivity contribution in [3.8, 4) is 5.75 Å². The smallest absolute Gasteiger partial charge is 0.119 e. The molecule has 19 heavy (non-hydrogen) atoms. The highest BCUT2D eigenvalue weighted by atomic mass is 16.5. The Kier molecular flexibility index (Phi) is 3.65. The molecule has 0 heterocycles. The topological polar surface area (TPSA) is 21.3 Å². The van der Waals surface area contributed by atoms with E-state index in [2.05, 4.69) is 57.3 Å². The highest BCUT2D eigenvalue weighted by Crippen LogP contribution is 2.62. The molecule has 1 aromatic carbocycles. The molecular formula is C17H27NO. The van der Waals surface area contributed by atoms with E-state index < -0.39 is 0 Å². The lowest BCUT2D eigenvalue weighted by Gasteiger charge is -2.11. The molecule has 2 nitrogen and oxygen atoms in total. The minimum atomic E-state index is 0.233. The van der Waals surface area contributed by atoms with Gasteiger partial charge in [0.25, 0.3) is 0 Å². The van der Waals surface area contributed by atoms with E-state index in [0.717, 1.165) is 12.3 Å². The number of rotatable bonds is 5. The van der Waals surface area contributed by atoms with Crippen molar-refractivity contribution in [3.05, 3.63) is 29.8 Å². The normalized spacial score (nSPS) is 20.6. The van der Waals surface area contributed by atoms with Gasteiger partial charge in [-0.05, 0) is 42.4 Å². The van der Waals surface area contributed by atoms with Gasteiger partial charge >= 0.3 is 0 Å². The van der Waals surface area contributed by atoms with Crippen molar-refractivity contribution in [2.75, 3.05) is 0 Å². The van der Waals surface area contributed by atoms with Crippen LogP contribution in [0.15, 0.2) is 24.3 Å². The third-order valence-electron chi connectivity index (χ3n) is 4.83. The molecule has 106 valence electrons. The van der Waals surface area contributed by atoms with E-state index >= 15 is 0 Å². The molecule has 0 spiro atoms. The quantitative estimate of drug-likeness (QED) is 0.865. The molecule has 0 aromatic heterocycles. The van der Waals surface area contributed by atoms with Gasteiger partial charge in [-0.2, -0.15) is 0 Å². The van der Waals surface area contributed by atoms with Crippen LogP contribution in [0.5, 0.6) is 5.75 Å². The monoisotopic (exact) mass is 261 g/mol. The van der Waals surface area contributed by atoms with Crippen LogP contribution in [-0.2, 0) is 6.54 Å². The first kappa shape index (κ1) is 14.4. The van der Waals surface area contributed by atoms with Gasteiger partial charge in [0.15, 0.2) is 0 Å². The second-order valence-corrected chi connectivity index (χ2v) is 7.07. The van der Waals surface area contributed by atoms with Crippen LogP contribution in [0.4, 0.5) is 0 Å². The molecule has 0 amide bonds. The second-order valence-electron chi connectivity index (χ2n) is 7.07. The predicted octanol–water partition coefficient (Wildman–Crippen LogP) is 4.00. The maximum Gasteiger partial charge on any atom is 0.119 e. The Hall–Kier alpha value is -1.02. The number of hydrogen-bond donors (Lipinski definition) is 1. The van der Waals surface area contributed by atoms with Gasteiger partial charge in [-0.25, -0.2) is 0 Å². The number of nitrogens with one attached hydrogen (secondary N) is 1. The molecule has 1 aliphatic rings. The van der Waals surface area contributed by atoms with Gasteiger partial charge in [-0.1, -0.05) is 39.8 Å². The van der Waals surface area contributed by atoms with Gasteiger partial charge in [0, 0.05) is 12.6 Å². The van der Waals surface area contributed by atoms with E-state index in [-0.39, 0.29) is 6.10 Å². The van der Waals surface area contributed by atoms with E-state index in [1.807, 2.05) is 13.8 Å². The third kappa shape index (κ3) is 2.79. The number of hydrogen-bond acceptors (Lipinski definition) is 2. The van der Waals surface area contributed by atoms with Crippen LogP contribution >= 0.6 is 0 Å². The molecule has 1 fully saturated rings. The lowest BCUT2D eigenvalue weighted by Crippen LogP contribution is -2.21. The van der Waals surface area contributed by atoms with Crippen molar-refractivity contribution < 1.29 is 4.74 Å². The van der Waals surface area contributed by atoms with Crippen LogP contribution in [0.25, 0.3) is 0 Å². The summed E-state index contributed by atoms with van der Waals surface area (Å²) in [6, 6.07) is 9.01. The second kappa shape index (κ2) is 4.82. The molecule has 0 atom stereocenters. The van der Waals surface area contributed by atoms with Gasteiger partial charge in [0.05, 0.1) is 6.10 Å². The van der Waals surface area contributed by atoms with E-state index in [1.165, 1.54) is 5.56 Å². The average Bonchev–Trinajstić information content (AvgIpc) is 2.68. The maximum atomic E-state index is 5.65. The summed E-state index contributed by atoms with van der Waals surface area (Å²) in [6.07, 6.45) is 0.233. The molecule has 0 radical (unpaired) electrons. The Morgan fingerprint density at radius 1 is 1.05 bits per heavy atom. The average molecular weight is 261 g/mol. The maximum absolute atomic E-state index is 5.65. The van der Waals surface area contributed by atoms with Crippen LogP contribution in [0, 0.1) is 10.8 Å². The summed E-state index contributed by atoms with van der Waals surface area (Å²) in [5, 5.41) is 3.67. The molecule has 1 aromatic rings. The van der Waals surface area contributed by atoms with Crippen molar-refractivity contribution in [3.63, 3.8) is 0 Å². The first-order valence-electron chi connectivity index (χ1n) is 7.24. The summed E-state index contributed by atoms with van der Waals surface area (Å²) in [5.74, 6) is 0.950. The summed E-state index contributed by atoms with van der Waals surface area (Å²) in [5.41, 5.74) is 2.11. The zero-order valence-corrected chi connectivity index (χ0v) is 13.1. The Balaban J connectivity index is 1.88. The zero-order chi connectivity index (χ0) is 14.3. The molecule has 0 aliphatic heterocycles. The third-order valence-corrected chi connectivity index (χ3v) is 4.83. The Morgan fingerprint density at radius 3 is 2.00 bits per heavy atom. The molecule has 1 saturated carbocycles. The molecule has 2 rings (SSSR count). The largest absolute Gasteiger partial charge is 0.491 e. The molecule has 0 bridgehead atoms. The fraction of sp³-hybridized carbons (Fsp3) is 0.647. The van der Waals surface area contributed by atoms with Crippen molar-refractivity contribution in [2.45, 2.75) is 60.2 Å². The minimum Gasteiger partial charge on any atom is -0.491 e. The van der Waals surface area contributed by atoms with Crippen LogP contribution in [-0.4, -0.2) is 12.1 Å². The standard InChI is InChI=1S/C17H27NO/c1-12(2)19-14-9-7-13(8-10-14)11-18-15-16(3,4)17(15,5)6/h7-10,12,15,18H,11H2,1-6H3. The minimum absolute atomic E-state index is 0.233. The molecule has 0 saturated heterocycles. The van der Waals surface area contributed by atoms with Crippen molar-refractivity contribution >= 4 is 0 Å². The summed E-state index contributed by atoms with van der Waals surface area (Å²) in [7, 11) is 0. The van der Waals surface area contributed by atoms with E-state index in [1.54, 1.807) is 0 Å². The lowest BCUT2D eigenvalue weighted by molar-refractivity contribution is 0.242. The van der Waals surface area contributed by atoms with Crippen molar-refractivity contribution in [1.82, 2.24) is 5.32 Å². The summed E-state index contributed by atoms with van der Waals surface area (Å²) < 4.78 is 5.65. The van der Waals surface area contributed by atoms with Gasteiger partial charge in [0.2, 0.25) is 0 Å². The van der Waals surface area contributed by atoms with Gasteiger partial charge < -0.3 is 10.1 Å². The van der Waals surface area contributed by atoms with Crippen molar-refractivity contribution in [1.29, 1.82) is 0 Å². The highest BCUT2D eigenvalue weighted by Gasteiger charge is 2.64. The van der Waals surface area contributed by atoms with Gasteiger partial charge in [0.1, 0.15) is 5.75 Å². The summed E-state index contributed by atoms with van der Waals surface area (Å²) >= 11 is 0. The fourth-order valence-electron chi connectivity index (χ4n) is 2.88. The van der Waals surface area contributed by atoms with Crippen LogP contribution < -0.4 is 10.1 Å². The summed E-state index contributed by atoms with van der Waals surface area (Å²) in [6.45, 7) is 14.4. The number of benzene rings is 1. The first-order chi connectivity index (χ1) is 8.75. The Labute approximate surface area is 117 Å². The van der Waals surface area contributed by atoms with Gasteiger partial charge in [-0.15, -0.1) is 0 Å². The van der Waals surface area contributed by atoms with Crippen molar-refractivity contribution in [2.24, 2.45) is 10.8 Å². The summed E-state index contributed by atoms with van der Waals surface area (Å²) in [4.78, 5) is 0. The number of ether oxygens (including phenoxy) is 1.